The van der Waals surface area contributed by atoms with Crippen LogP contribution in [0, 0.1) is 0 Å². The van der Waals surface area contributed by atoms with Crippen molar-refractivity contribution >= 4 is 23.8 Å². The third-order valence-corrected chi connectivity index (χ3v) is 6.45. The molecule has 1 saturated heterocycles. The van der Waals surface area contributed by atoms with E-state index >= 15 is 0 Å². The van der Waals surface area contributed by atoms with Crippen LogP contribution in [0.15, 0.2) is 65.9 Å². The maximum Gasteiger partial charge on any atom is 0.338 e. The molecule has 9 nitrogen and oxygen atoms in total. The summed E-state index contributed by atoms with van der Waals surface area (Å²) in [6.07, 6.45) is 1.44. The molecule has 0 radical (unpaired) electrons. The molecular weight excluding hydrogens is 460 g/mol. The highest BCUT2D eigenvalue weighted by atomic mass is 16.5. The maximum absolute atomic E-state index is 12.8. The minimum absolute atomic E-state index is 0.00234. The number of piperazine rings is 1. The standard InChI is InChI=1S/C27H30N4O5/c1-3-18-9-11-20(12-10-18)25-24(26(34)36-2)21(28-27(35)29-25)15-30-16-22(32)31(23(33)17-30)14-13-19-7-5-4-6-8-19/h4-12,25H,3,13-17H2,1-2H3,(H2,28,29,35)/t25-/m1/s1. The average Bonchev–Trinajstić information content (AvgIpc) is 2.88. The zero-order valence-corrected chi connectivity index (χ0v) is 20.5. The molecule has 2 aromatic carbocycles. The number of nitrogens with zero attached hydrogens (tertiary/aromatic N) is 2. The van der Waals surface area contributed by atoms with E-state index in [2.05, 4.69) is 10.6 Å². The second kappa shape index (κ2) is 11.2. The zero-order valence-electron chi connectivity index (χ0n) is 20.5. The maximum atomic E-state index is 12.8. The number of esters is 1. The van der Waals surface area contributed by atoms with E-state index in [0.717, 1.165) is 23.1 Å². The van der Waals surface area contributed by atoms with Crippen LogP contribution in [0.25, 0.3) is 0 Å². The molecule has 2 heterocycles. The molecule has 1 fully saturated rings. The minimum atomic E-state index is -0.717. The predicted octanol–water partition coefficient (Wildman–Crippen LogP) is 1.94. The van der Waals surface area contributed by atoms with Crippen molar-refractivity contribution in [2.75, 3.05) is 33.3 Å². The smallest absolute Gasteiger partial charge is 0.338 e. The van der Waals surface area contributed by atoms with Gasteiger partial charge >= 0.3 is 12.0 Å². The number of hydrogen-bond donors (Lipinski definition) is 2. The van der Waals surface area contributed by atoms with Crippen LogP contribution in [0.4, 0.5) is 4.79 Å². The van der Waals surface area contributed by atoms with Crippen molar-refractivity contribution < 1.29 is 23.9 Å². The highest BCUT2D eigenvalue weighted by Gasteiger charge is 2.36. The van der Waals surface area contributed by atoms with Gasteiger partial charge in [0, 0.05) is 18.8 Å². The third kappa shape index (κ3) is 5.63. The number of carbonyl (C=O) groups excluding carboxylic acids is 4. The van der Waals surface area contributed by atoms with Crippen LogP contribution in [-0.2, 0) is 32.0 Å². The molecule has 0 spiro atoms. The molecule has 2 aliphatic rings. The average molecular weight is 491 g/mol. The molecule has 0 bridgehead atoms. The van der Waals surface area contributed by atoms with Gasteiger partial charge in [-0.05, 0) is 29.5 Å². The topological polar surface area (TPSA) is 108 Å². The summed E-state index contributed by atoms with van der Waals surface area (Å²) in [5.41, 5.74) is 3.47. The first-order valence-electron chi connectivity index (χ1n) is 12.0. The first kappa shape index (κ1) is 25.1. The normalized spacial score (nSPS) is 18.7. The Kier molecular flexibility index (Phi) is 7.80. The molecule has 2 N–H and O–H groups in total. The summed E-state index contributed by atoms with van der Waals surface area (Å²) in [5, 5.41) is 5.48. The van der Waals surface area contributed by atoms with Crippen LogP contribution >= 0.6 is 0 Å². The van der Waals surface area contributed by atoms with Gasteiger partial charge in [-0.1, -0.05) is 61.5 Å². The highest BCUT2D eigenvalue weighted by molar-refractivity contribution is 5.99. The van der Waals surface area contributed by atoms with Gasteiger partial charge in [-0.15, -0.1) is 0 Å². The molecule has 0 aliphatic carbocycles. The Labute approximate surface area is 210 Å². The van der Waals surface area contributed by atoms with E-state index in [4.69, 9.17) is 4.74 Å². The van der Waals surface area contributed by atoms with Gasteiger partial charge in [-0.25, -0.2) is 9.59 Å². The Hall–Kier alpha value is -3.98. The summed E-state index contributed by atoms with van der Waals surface area (Å²) < 4.78 is 5.03. The van der Waals surface area contributed by atoms with E-state index in [0.29, 0.717) is 18.7 Å². The first-order valence-corrected chi connectivity index (χ1v) is 12.0. The van der Waals surface area contributed by atoms with E-state index < -0.39 is 18.0 Å². The number of amides is 4. The molecule has 188 valence electrons. The molecule has 36 heavy (non-hydrogen) atoms. The fourth-order valence-corrected chi connectivity index (χ4v) is 4.51. The van der Waals surface area contributed by atoms with Crippen LogP contribution in [-0.4, -0.2) is 66.9 Å². The molecule has 0 unspecified atom stereocenters. The van der Waals surface area contributed by atoms with Crippen LogP contribution in [0.5, 0.6) is 0 Å². The summed E-state index contributed by atoms with van der Waals surface area (Å²) >= 11 is 0. The van der Waals surface area contributed by atoms with Gasteiger partial charge in [0.1, 0.15) is 0 Å². The lowest BCUT2D eigenvalue weighted by Gasteiger charge is -2.35. The fraction of sp³-hybridized carbons (Fsp3) is 0.333. The lowest BCUT2D eigenvalue weighted by molar-refractivity contribution is -0.151. The Morgan fingerprint density at radius 2 is 1.64 bits per heavy atom. The number of nitrogens with one attached hydrogen (secondary N) is 2. The number of aryl methyl sites for hydroxylation is 1. The number of hydrogen-bond acceptors (Lipinski definition) is 6. The van der Waals surface area contributed by atoms with Gasteiger partial charge in [0.05, 0.1) is 31.8 Å². The Bertz CT molecular complexity index is 1160. The Morgan fingerprint density at radius 1 is 0.972 bits per heavy atom. The first-order chi connectivity index (χ1) is 17.4. The van der Waals surface area contributed by atoms with Crippen molar-refractivity contribution in [1.29, 1.82) is 0 Å². The lowest BCUT2D eigenvalue weighted by Crippen LogP contribution is -2.56. The summed E-state index contributed by atoms with van der Waals surface area (Å²) in [6, 6.07) is 16.1. The van der Waals surface area contributed by atoms with E-state index in [-0.39, 0.29) is 37.0 Å². The van der Waals surface area contributed by atoms with Crippen LogP contribution < -0.4 is 10.6 Å². The number of benzene rings is 2. The molecule has 2 aliphatic heterocycles. The molecular formula is C27H30N4O5. The lowest BCUT2D eigenvalue weighted by atomic mass is 9.94. The molecule has 4 rings (SSSR count). The van der Waals surface area contributed by atoms with Gasteiger partial charge in [0.2, 0.25) is 11.8 Å². The van der Waals surface area contributed by atoms with Crippen molar-refractivity contribution in [3.8, 4) is 0 Å². The summed E-state index contributed by atoms with van der Waals surface area (Å²) in [4.78, 5) is 53.8. The molecule has 2 aromatic rings. The van der Waals surface area contributed by atoms with E-state index in [1.165, 1.54) is 12.0 Å². The van der Waals surface area contributed by atoms with Crippen molar-refractivity contribution in [2.45, 2.75) is 25.8 Å². The van der Waals surface area contributed by atoms with E-state index in [1.807, 2.05) is 61.5 Å². The van der Waals surface area contributed by atoms with Crippen molar-refractivity contribution in [3.05, 3.63) is 82.6 Å². The molecule has 1 atom stereocenters. The van der Waals surface area contributed by atoms with Gasteiger partial charge in [0.15, 0.2) is 0 Å². The summed E-state index contributed by atoms with van der Waals surface area (Å²) in [6.45, 7) is 2.39. The van der Waals surface area contributed by atoms with Crippen LogP contribution in [0.3, 0.4) is 0 Å². The van der Waals surface area contributed by atoms with Gasteiger partial charge in [-0.3, -0.25) is 19.4 Å². The summed E-state index contributed by atoms with van der Waals surface area (Å²) in [7, 11) is 1.28. The predicted molar refractivity (Wildman–Crippen MR) is 133 cm³/mol. The second-order valence-corrected chi connectivity index (χ2v) is 8.83. The number of carbonyl (C=O) groups is 4. The van der Waals surface area contributed by atoms with Gasteiger partial charge in [-0.2, -0.15) is 0 Å². The van der Waals surface area contributed by atoms with E-state index in [9.17, 15) is 19.2 Å². The third-order valence-electron chi connectivity index (χ3n) is 6.45. The number of methoxy groups -OCH3 is 1. The van der Waals surface area contributed by atoms with Crippen LogP contribution in [0.2, 0.25) is 0 Å². The number of rotatable bonds is 8. The quantitative estimate of drug-likeness (QED) is 0.433. The minimum Gasteiger partial charge on any atom is -0.466 e. The van der Waals surface area contributed by atoms with Crippen molar-refractivity contribution in [1.82, 2.24) is 20.4 Å². The largest absolute Gasteiger partial charge is 0.466 e. The van der Waals surface area contributed by atoms with Crippen LogP contribution in [0.1, 0.15) is 29.7 Å². The number of imide groups is 1. The zero-order chi connectivity index (χ0) is 25.7. The molecule has 0 saturated carbocycles. The second-order valence-electron chi connectivity index (χ2n) is 8.83. The van der Waals surface area contributed by atoms with Crippen molar-refractivity contribution in [3.63, 3.8) is 0 Å². The van der Waals surface area contributed by atoms with Gasteiger partial charge in [0.25, 0.3) is 0 Å². The molecule has 9 heteroatoms. The van der Waals surface area contributed by atoms with Gasteiger partial charge < -0.3 is 15.4 Å². The Balaban J connectivity index is 1.52. The summed E-state index contributed by atoms with van der Waals surface area (Å²) in [5.74, 6) is -1.22. The SMILES string of the molecule is CCc1ccc([C@H]2NC(=O)NC(CN3CC(=O)N(CCc4ccccc4)C(=O)C3)=C2C(=O)OC)cc1. The highest BCUT2D eigenvalue weighted by Crippen LogP contribution is 2.28. The van der Waals surface area contributed by atoms with E-state index in [1.54, 1.807) is 4.90 Å². The molecule has 0 aromatic heterocycles. The fourth-order valence-electron chi connectivity index (χ4n) is 4.51. The number of urea groups is 1. The number of ether oxygens (including phenoxy) is 1. The Morgan fingerprint density at radius 3 is 2.25 bits per heavy atom. The monoisotopic (exact) mass is 490 g/mol. The molecule has 4 amide bonds. The van der Waals surface area contributed by atoms with Crippen molar-refractivity contribution in [2.24, 2.45) is 0 Å².